The minimum atomic E-state index is 0. The summed E-state index contributed by atoms with van der Waals surface area (Å²) in [5, 5.41) is 13.0. The smallest absolute Gasteiger partial charge is 0.792 e. The number of rotatable bonds is 1. The van der Waals surface area contributed by atoms with E-state index in [0.29, 0.717) is 5.71 Å². The second-order valence-corrected chi connectivity index (χ2v) is 2.54. The van der Waals surface area contributed by atoms with Crippen molar-refractivity contribution in [1.82, 2.24) is 0 Å². The Labute approximate surface area is 103 Å². The fraction of sp³-hybridized carbons (Fsp3) is 0.222. The molecule has 1 radical (unpaired) electrons. The number of aryl methyl sites for hydroxylation is 1. The summed E-state index contributed by atoms with van der Waals surface area (Å²) in [4.78, 5) is 0. The van der Waals surface area contributed by atoms with Crippen LogP contribution < -0.4 is 18.9 Å². The van der Waals surface area contributed by atoms with Crippen LogP contribution in [0.4, 0.5) is 0 Å². The van der Waals surface area contributed by atoms with Crippen molar-refractivity contribution in [3.63, 3.8) is 0 Å². The first kappa shape index (κ1) is 15.4. The molecule has 1 rings (SSSR count). The van der Waals surface area contributed by atoms with Gasteiger partial charge in [-0.25, -0.2) is 0 Å². The van der Waals surface area contributed by atoms with Crippen molar-refractivity contribution in [3.05, 3.63) is 40.6 Å². The molecule has 2 nitrogen and oxygen atoms in total. The van der Waals surface area contributed by atoms with Gasteiger partial charge in [0.15, 0.2) is 0 Å². The third-order valence-electron chi connectivity index (χ3n) is 1.61. The summed E-state index contributed by atoms with van der Waals surface area (Å²) in [7, 11) is 0. The average Bonchev–Trinajstić information content (AvgIpc) is 2.05. The first-order valence-electron chi connectivity index (χ1n) is 3.48. The summed E-state index contributed by atoms with van der Waals surface area (Å²) in [6, 6.07) is 7.71. The Morgan fingerprint density at radius 1 is 1.23 bits per heavy atom. The van der Waals surface area contributed by atoms with Crippen LogP contribution in [0.25, 0.3) is 0 Å². The van der Waals surface area contributed by atoms with E-state index >= 15 is 0 Å². The van der Waals surface area contributed by atoms with E-state index in [9.17, 15) is 5.21 Å². The Morgan fingerprint density at radius 3 is 2.08 bits per heavy atom. The minimum Gasteiger partial charge on any atom is -0.792 e. The molecule has 0 saturated carbocycles. The molecule has 0 heterocycles. The van der Waals surface area contributed by atoms with Crippen molar-refractivity contribution in [2.75, 3.05) is 0 Å². The first-order valence-corrected chi connectivity index (χ1v) is 3.48. The molecule has 0 spiro atoms. The first-order chi connectivity index (χ1) is 5.24. The fourth-order valence-corrected chi connectivity index (χ4v) is 0.847. The summed E-state index contributed by atoms with van der Waals surface area (Å²) in [5.74, 6) is 0. The van der Waals surface area contributed by atoms with Gasteiger partial charge in [0.05, 0.1) is 0 Å². The summed E-state index contributed by atoms with van der Waals surface area (Å²) in [6.45, 7) is 3.71. The Morgan fingerprint density at radius 2 is 1.69 bits per heavy atom. The fourth-order valence-electron chi connectivity index (χ4n) is 0.847. The van der Waals surface area contributed by atoms with Gasteiger partial charge in [0, 0.05) is 24.6 Å². The maximum absolute atomic E-state index is 10.1. The molecule has 0 atom stereocenters. The van der Waals surface area contributed by atoms with E-state index in [-0.39, 0.29) is 37.7 Å². The van der Waals surface area contributed by atoms with Crippen molar-refractivity contribution in [3.8, 4) is 0 Å². The molecule has 0 unspecified atom stereocenters. The average molecular weight is 162 g/mol. The molecule has 0 N–H and O–H groups in total. The van der Waals surface area contributed by atoms with Crippen molar-refractivity contribution in [2.24, 2.45) is 5.16 Å². The van der Waals surface area contributed by atoms with Crippen LogP contribution in [0.5, 0.6) is 0 Å². The van der Waals surface area contributed by atoms with Gasteiger partial charge in [0.2, 0.25) is 0 Å². The second kappa shape index (κ2) is 7.30. The molecule has 1 aromatic rings. The van der Waals surface area contributed by atoms with Crippen LogP contribution in [-0.4, -0.2) is 24.6 Å². The number of hydrogen-bond acceptors (Lipinski definition) is 2. The molecule has 0 saturated heterocycles. The predicted octanol–water partition coefficient (Wildman–Crippen LogP) is -1.07. The van der Waals surface area contributed by atoms with E-state index in [0.717, 1.165) is 5.56 Å². The molecule has 0 fully saturated rings. The molecule has 1 aromatic carbocycles. The van der Waals surface area contributed by atoms with Crippen molar-refractivity contribution in [2.45, 2.75) is 13.8 Å². The quantitative estimate of drug-likeness (QED) is 0.294. The van der Waals surface area contributed by atoms with Gasteiger partial charge in [-0.05, 0) is 19.4 Å². The Balaban J connectivity index is 0. The third-order valence-corrected chi connectivity index (χ3v) is 1.61. The molecule has 0 amide bonds. The van der Waals surface area contributed by atoms with E-state index in [4.69, 9.17) is 0 Å². The predicted molar refractivity (Wildman–Crippen MR) is 52.5 cm³/mol. The van der Waals surface area contributed by atoms with Crippen LogP contribution in [0, 0.1) is 12.1 Å². The molecule has 0 aromatic heterocycles. The van der Waals surface area contributed by atoms with Gasteiger partial charge in [-0.3, -0.25) is 0 Å². The summed E-state index contributed by atoms with van der Waals surface area (Å²) in [5.41, 5.74) is 2.61. The SMILES string of the molecule is C/C(=N/[O-])c1ccc(C)cc1.[Li+].[Li]. The van der Waals surface area contributed by atoms with E-state index in [1.165, 1.54) is 5.56 Å². The van der Waals surface area contributed by atoms with Gasteiger partial charge in [0.25, 0.3) is 0 Å². The maximum atomic E-state index is 10.1. The molecule has 13 heavy (non-hydrogen) atoms. The largest absolute Gasteiger partial charge is 1.00 e. The van der Waals surface area contributed by atoms with Crippen LogP contribution >= 0.6 is 0 Å². The van der Waals surface area contributed by atoms with Crippen LogP contribution in [0.15, 0.2) is 29.4 Å². The van der Waals surface area contributed by atoms with Gasteiger partial charge in [-0.1, -0.05) is 29.8 Å². The minimum absolute atomic E-state index is 0. The van der Waals surface area contributed by atoms with Crippen molar-refractivity contribution in [1.29, 1.82) is 0 Å². The molecule has 0 aliphatic heterocycles. The molecular weight excluding hydrogens is 152 g/mol. The molecule has 0 bridgehead atoms. The van der Waals surface area contributed by atoms with E-state index in [2.05, 4.69) is 5.16 Å². The summed E-state index contributed by atoms with van der Waals surface area (Å²) >= 11 is 0. The Hall–Kier alpha value is -0.115. The number of nitrogens with zero attached hydrogens (tertiary/aromatic N) is 1. The van der Waals surface area contributed by atoms with Gasteiger partial charge in [-0.15, -0.1) is 0 Å². The molecular formula is C9H10Li2NO. The van der Waals surface area contributed by atoms with E-state index < -0.39 is 0 Å². The molecule has 59 valence electrons. The molecule has 0 aliphatic carbocycles. The van der Waals surface area contributed by atoms with Gasteiger partial charge < -0.3 is 10.4 Å². The zero-order chi connectivity index (χ0) is 8.27. The molecule has 4 heteroatoms. The number of hydrogen-bond donors (Lipinski definition) is 0. The van der Waals surface area contributed by atoms with Gasteiger partial charge in [0.1, 0.15) is 0 Å². The van der Waals surface area contributed by atoms with Crippen LogP contribution in [0.2, 0.25) is 0 Å². The van der Waals surface area contributed by atoms with Crippen LogP contribution in [-0.2, 0) is 0 Å². The second-order valence-electron chi connectivity index (χ2n) is 2.54. The summed E-state index contributed by atoms with van der Waals surface area (Å²) < 4.78 is 0. The normalized spacial score (nSPS) is 9.85. The van der Waals surface area contributed by atoms with E-state index in [1.54, 1.807) is 6.92 Å². The topological polar surface area (TPSA) is 35.4 Å². The molecule has 0 aliphatic rings. The van der Waals surface area contributed by atoms with Crippen LogP contribution in [0.3, 0.4) is 0 Å². The van der Waals surface area contributed by atoms with Gasteiger partial charge in [-0.2, -0.15) is 0 Å². The number of benzene rings is 1. The van der Waals surface area contributed by atoms with Gasteiger partial charge >= 0.3 is 18.9 Å². The Bertz CT molecular complexity index is 269. The zero-order valence-electron chi connectivity index (χ0n) is 8.66. The zero-order valence-corrected chi connectivity index (χ0v) is 8.66. The van der Waals surface area contributed by atoms with Crippen molar-refractivity contribution >= 4 is 24.6 Å². The van der Waals surface area contributed by atoms with Crippen molar-refractivity contribution < 1.29 is 18.9 Å². The maximum Gasteiger partial charge on any atom is 1.00 e. The third kappa shape index (κ3) is 4.60. The standard InChI is InChI=1S/C9H11NO.2Li/c1-7-3-5-9(6-4-7)8(2)10-11;;/h3-6,11H,1-2H3;;/q;;+1/p-1/b10-8-;;. The Kier molecular flexibility index (Phi) is 8.63. The van der Waals surface area contributed by atoms with Crippen LogP contribution in [0.1, 0.15) is 18.1 Å². The van der Waals surface area contributed by atoms with E-state index in [1.807, 2.05) is 31.2 Å². The summed E-state index contributed by atoms with van der Waals surface area (Å²) in [6.07, 6.45) is 0. The monoisotopic (exact) mass is 162 g/mol.